The topological polar surface area (TPSA) is 91.0 Å². The van der Waals surface area contributed by atoms with E-state index in [9.17, 15) is 14.4 Å². The summed E-state index contributed by atoms with van der Waals surface area (Å²) >= 11 is 1.61. The Hall–Kier alpha value is -2.36. The van der Waals surface area contributed by atoms with Crippen molar-refractivity contribution in [1.82, 2.24) is 15.1 Å². The van der Waals surface area contributed by atoms with E-state index in [-0.39, 0.29) is 23.8 Å². The van der Waals surface area contributed by atoms with E-state index < -0.39 is 29.6 Å². The average Bonchev–Trinajstić information content (AvgIpc) is 3.62. The summed E-state index contributed by atoms with van der Waals surface area (Å²) in [5, 5.41) is 6.40. The van der Waals surface area contributed by atoms with Gasteiger partial charge in [-0.2, -0.15) is 0 Å². The number of piperidine rings is 1. The Bertz CT molecular complexity index is 1200. The number of nitrogens with one attached hydrogen (secondary N) is 2. The van der Waals surface area contributed by atoms with Crippen LogP contribution in [-0.4, -0.2) is 83.7 Å². The first-order chi connectivity index (χ1) is 19.8. The zero-order valence-electron chi connectivity index (χ0n) is 24.5. The summed E-state index contributed by atoms with van der Waals surface area (Å²) < 4.78 is 6.55. The summed E-state index contributed by atoms with van der Waals surface area (Å²) in [6.45, 7) is 7.68. The van der Waals surface area contributed by atoms with Gasteiger partial charge in [0.25, 0.3) is 0 Å². The highest BCUT2D eigenvalue weighted by Crippen LogP contribution is 2.55. The van der Waals surface area contributed by atoms with E-state index in [1.165, 1.54) is 12.8 Å². The van der Waals surface area contributed by atoms with E-state index in [1.807, 2.05) is 42.7 Å². The normalized spacial score (nSPS) is 36.4. The zero-order valence-corrected chi connectivity index (χ0v) is 25.3. The Kier molecular flexibility index (Phi) is 8.22. The van der Waals surface area contributed by atoms with Crippen LogP contribution in [0, 0.1) is 23.7 Å². The van der Waals surface area contributed by atoms with Gasteiger partial charge in [0.05, 0.1) is 17.9 Å². The maximum absolute atomic E-state index is 14.3. The van der Waals surface area contributed by atoms with Gasteiger partial charge in [-0.3, -0.25) is 14.4 Å². The number of thioether (sulfide) groups is 1. The quantitative estimate of drug-likeness (QED) is 0.358. The molecule has 3 saturated heterocycles. The third-order valence-corrected chi connectivity index (χ3v) is 11.1. The molecule has 9 heteroatoms. The van der Waals surface area contributed by atoms with E-state index in [2.05, 4.69) is 29.4 Å². The molecule has 1 aromatic rings. The summed E-state index contributed by atoms with van der Waals surface area (Å²) in [6, 6.07) is 7.00. The van der Waals surface area contributed by atoms with Crippen LogP contribution in [-0.2, 0) is 19.1 Å². The van der Waals surface area contributed by atoms with Crippen LogP contribution in [0.25, 0.3) is 0 Å². The molecule has 8 nitrogen and oxygen atoms in total. The van der Waals surface area contributed by atoms with Crippen LogP contribution in [0.5, 0.6) is 0 Å². The maximum atomic E-state index is 14.3. The smallest absolute Gasteiger partial charge is 0.246 e. The monoisotopic (exact) mass is 580 g/mol. The molecule has 5 aliphatic rings. The van der Waals surface area contributed by atoms with Crippen LogP contribution >= 0.6 is 11.8 Å². The number of benzene rings is 1. The van der Waals surface area contributed by atoms with E-state index in [4.69, 9.17) is 4.74 Å². The number of amides is 3. The Morgan fingerprint density at radius 1 is 1.07 bits per heavy atom. The number of ether oxygens (including phenoxy) is 1. The minimum absolute atomic E-state index is 0.0751. The predicted molar refractivity (Wildman–Crippen MR) is 160 cm³/mol. The first kappa shape index (κ1) is 28.7. The van der Waals surface area contributed by atoms with E-state index >= 15 is 0 Å². The molecule has 222 valence electrons. The molecule has 1 spiro atoms. The van der Waals surface area contributed by atoms with Crippen molar-refractivity contribution in [1.29, 1.82) is 0 Å². The van der Waals surface area contributed by atoms with Gasteiger partial charge in [0.15, 0.2) is 0 Å². The van der Waals surface area contributed by atoms with Crippen molar-refractivity contribution in [3.63, 3.8) is 0 Å². The Balaban J connectivity index is 1.27. The number of rotatable bonds is 8. The average molecular weight is 581 g/mol. The third kappa shape index (κ3) is 5.23. The molecule has 4 aliphatic heterocycles. The number of nitrogens with zero attached hydrogens (tertiary/aromatic N) is 2. The minimum atomic E-state index is -1.12. The van der Waals surface area contributed by atoms with Gasteiger partial charge in [0.1, 0.15) is 11.6 Å². The van der Waals surface area contributed by atoms with E-state index in [1.54, 1.807) is 16.7 Å². The molecular weight excluding hydrogens is 536 g/mol. The summed E-state index contributed by atoms with van der Waals surface area (Å²) in [5.74, 6) is -1.02. The van der Waals surface area contributed by atoms with Crippen molar-refractivity contribution in [2.24, 2.45) is 23.7 Å². The van der Waals surface area contributed by atoms with Gasteiger partial charge in [-0.1, -0.05) is 51.3 Å². The molecule has 0 radical (unpaired) electrons. The van der Waals surface area contributed by atoms with Crippen molar-refractivity contribution in [3.8, 4) is 0 Å². The first-order valence-corrected chi connectivity index (χ1v) is 16.7. The van der Waals surface area contributed by atoms with Crippen molar-refractivity contribution in [2.75, 3.05) is 37.8 Å². The summed E-state index contributed by atoms with van der Waals surface area (Å²) in [6.07, 6.45) is 12.0. The lowest BCUT2D eigenvalue weighted by Gasteiger charge is -2.38. The van der Waals surface area contributed by atoms with Crippen molar-refractivity contribution in [3.05, 3.63) is 36.4 Å². The molecule has 1 aromatic carbocycles. The molecule has 0 aromatic heterocycles. The lowest BCUT2D eigenvalue weighted by Crippen LogP contribution is -2.58. The van der Waals surface area contributed by atoms with E-state index in [0.717, 1.165) is 50.2 Å². The Labute approximate surface area is 248 Å². The van der Waals surface area contributed by atoms with Crippen LogP contribution in [0.15, 0.2) is 41.3 Å². The number of fused-ring (bicyclic) bond motifs is 1. The molecule has 8 atom stereocenters. The van der Waals surface area contributed by atoms with Crippen molar-refractivity contribution < 1.29 is 19.1 Å². The zero-order chi connectivity index (χ0) is 28.7. The highest BCUT2D eigenvalue weighted by atomic mass is 32.2. The number of carbonyl (C=O) groups is 3. The Morgan fingerprint density at radius 2 is 1.88 bits per heavy atom. The molecule has 1 saturated carbocycles. The molecule has 3 amide bonds. The summed E-state index contributed by atoms with van der Waals surface area (Å²) in [4.78, 5) is 47.4. The molecule has 2 bridgehead atoms. The van der Waals surface area contributed by atoms with Crippen LogP contribution in [0.3, 0.4) is 0 Å². The highest BCUT2D eigenvalue weighted by Gasteiger charge is 2.72. The second-order valence-corrected chi connectivity index (χ2v) is 13.6. The fourth-order valence-electron chi connectivity index (χ4n) is 7.91. The minimum Gasteiger partial charge on any atom is -0.359 e. The summed E-state index contributed by atoms with van der Waals surface area (Å²) in [7, 11) is 0. The number of anilines is 1. The highest BCUT2D eigenvalue weighted by molar-refractivity contribution is 7.98. The lowest BCUT2D eigenvalue weighted by molar-refractivity contribution is -0.142. The fraction of sp³-hybridized carbons (Fsp3) is 0.656. The number of carbonyl (C=O) groups excluding carboxylic acids is 3. The molecule has 4 fully saturated rings. The molecule has 6 rings (SSSR count). The van der Waals surface area contributed by atoms with Crippen molar-refractivity contribution >= 4 is 35.2 Å². The first-order valence-electron chi connectivity index (χ1n) is 15.5. The third-order valence-electron chi connectivity index (χ3n) is 10.4. The molecule has 41 heavy (non-hydrogen) atoms. The van der Waals surface area contributed by atoms with Crippen molar-refractivity contribution in [2.45, 2.75) is 81.1 Å². The van der Waals surface area contributed by atoms with Gasteiger partial charge in [0.2, 0.25) is 17.7 Å². The van der Waals surface area contributed by atoms with Crippen LogP contribution in [0.1, 0.15) is 52.4 Å². The molecule has 0 unspecified atom stereocenters. The number of hydrogen-bond acceptors (Lipinski definition) is 6. The predicted octanol–water partition coefficient (Wildman–Crippen LogP) is 3.92. The SMILES string of the molecule is CSc1cccc(NC(=O)[C@@H]2[C@@H]3C=C[C@]4(O3)[C@@H]2C(=O)N(CCN2CCCCC2)[C@H]4C(=O)N[C@@H]2CCC[C@H](C)[C@H]2C)c1. The molecule has 2 N–H and O–H groups in total. The second kappa shape index (κ2) is 11.7. The van der Waals surface area contributed by atoms with Crippen LogP contribution in [0.4, 0.5) is 5.69 Å². The van der Waals surface area contributed by atoms with Gasteiger partial charge < -0.3 is 25.2 Å². The molecule has 4 heterocycles. The molecular formula is C32H44N4O4S. The van der Waals surface area contributed by atoms with Gasteiger partial charge in [-0.15, -0.1) is 11.8 Å². The standard InChI is InChI=1S/C32H44N4O4S/c1-20-9-7-12-24(21(20)2)34-30(38)28-32-14-13-25(40-32)26(29(37)33-22-10-8-11-23(19-22)41-3)27(32)31(39)36(28)18-17-35-15-5-4-6-16-35/h8,10-11,13-14,19-21,24-28H,4-7,9,12,15-18H2,1-3H3,(H,33,37)(H,34,38)/t20-,21+,24+,25-,26+,27-,28-,32-/m0/s1. The van der Waals surface area contributed by atoms with Crippen LogP contribution < -0.4 is 10.6 Å². The molecule has 1 aliphatic carbocycles. The fourth-order valence-corrected chi connectivity index (χ4v) is 8.37. The lowest BCUT2D eigenvalue weighted by atomic mass is 9.73. The van der Waals surface area contributed by atoms with Gasteiger partial charge >= 0.3 is 0 Å². The van der Waals surface area contributed by atoms with Gasteiger partial charge in [-0.25, -0.2) is 0 Å². The van der Waals surface area contributed by atoms with Gasteiger partial charge in [0, 0.05) is 29.7 Å². The summed E-state index contributed by atoms with van der Waals surface area (Å²) in [5.41, 5.74) is -0.426. The largest absolute Gasteiger partial charge is 0.359 e. The number of likely N-dealkylation sites (tertiary alicyclic amines) is 2. The maximum Gasteiger partial charge on any atom is 0.246 e. The van der Waals surface area contributed by atoms with Crippen LogP contribution in [0.2, 0.25) is 0 Å². The van der Waals surface area contributed by atoms with Gasteiger partial charge in [-0.05, 0) is 68.6 Å². The number of hydrogen-bond donors (Lipinski definition) is 2. The second-order valence-electron chi connectivity index (χ2n) is 12.7. The Morgan fingerprint density at radius 3 is 2.66 bits per heavy atom. The van der Waals surface area contributed by atoms with E-state index in [0.29, 0.717) is 24.1 Å².